The van der Waals surface area contributed by atoms with Gasteiger partial charge in [0.05, 0.1) is 16.5 Å². The van der Waals surface area contributed by atoms with E-state index in [0.29, 0.717) is 16.5 Å². The lowest BCUT2D eigenvalue weighted by atomic mass is 10.2. The third kappa shape index (κ3) is 5.75. The van der Waals surface area contributed by atoms with Crippen LogP contribution in [0.1, 0.15) is 15.9 Å². The lowest BCUT2D eigenvalue weighted by Crippen LogP contribution is -2.28. The quantitative estimate of drug-likeness (QED) is 0.508. The maximum absolute atomic E-state index is 12.6. The molecule has 8 heteroatoms. The molecular weight excluding hydrogens is 424 g/mol. The second-order valence-electron chi connectivity index (χ2n) is 6.53. The van der Waals surface area contributed by atoms with Gasteiger partial charge < -0.3 is 10.1 Å². The lowest BCUT2D eigenvalue weighted by Gasteiger charge is -2.11. The summed E-state index contributed by atoms with van der Waals surface area (Å²) < 4.78 is 33.3. The molecule has 3 rings (SSSR count). The molecule has 30 heavy (non-hydrogen) atoms. The number of nitrogens with one attached hydrogen (secondary N) is 2. The summed E-state index contributed by atoms with van der Waals surface area (Å²) in [6.45, 7) is 2.38. The number of hydrogen-bond acceptors (Lipinski definition) is 4. The molecule has 1 amide bonds. The van der Waals surface area contributed by atoms with Crippen molar-refractivity contribution in [2.24, 2.45) is 0 Å². The Kier molecular flexibility index (Phi) is 6.97. The van der Waals surface area contributed by atoms with Gasteiger partial charge in [-0.25, -0.2) is 8.42 Å². The molecule has 3 aromatic carbocycles. The zero-order chi connectivity index (χ0) is 21.6. The van der Waals surface area contributed by atoms with E-state index in [1.54, 1.807) is 42.5 Å². The van der Waals surface area contributed by atoms with E-state index in [2.05, 4.69) is 10.0 Å². The van der Waals surface area contributed by atoms with Crippen LogP contribution in [0.5, 0.6) is 5.75 Å². The van der Waals surface area contributed by atoms with Crippen LogP contribution < -0.4 is 14.8 Å². The van der Waals surface area contributed by atoms with Gasteiger partial charge in [0, 0.05) is 11.3 Å². The van der Waals surface area contributed by atoms with Gasteiger partial charge in [-0.3, -0.25) is 9.52 Å². The van der Waals surface area contributed by atoms with Crippen molar-refractivity contribution in [2.45, 2.75) is 11.8 Å². The van der Waals surface area contributed by atoms with Crippen LogP contribution in [0.25, 0.3) is 0 Å². The summed E-state index contributed by atoms with van der Waals surface area (Å²) in [5.41, 5.74) is 1.71. The molecule has 0 aliphatic rings. The molecular formula is C22H21ClN2O4S. The molecule has 156 valence electrons. The van der Waals surface area contributed by atoms with E-state index in [1.165, 1.54) is 18.2 Å². The molecule has 0 aliphatic heterocycles. The van der Waals surface area contributed by atoms with E-state index in [0.717, 1.165) is 5.56 Å². The van der Waals surface area contributed by atoms with Crippen molar-refractivity contribution in [3.05, 3.63) is 88.9 Å². The predicted molar refractivity (Wildman–Crippen MR) is 118 cm³/mol. The summed E-state index contributed by atoms with van der Waals surface area (Å²) in [6.07, 6.45) is 0. The van der Waals surface area contributed by atoms with Crippen LogP contribution >= 0.6 is 11.6 Å². The number of hydrogen-bond donors (Lipinski definition) is 2. The summed E-state index contributed by atoms with van der Waals surface area (Å²) in [7, 11) is -3.82. The van der Waals surface area contributed by atoms with Crippen molar-refractivity contribution >= 4 is 33.2 Å². The van der Waals surface area contributed by atoms with Crippen molar-refractivity contribution in [1.29, 1.82) is 0 Å². The number of carbonyl (C=O) groups is 1. The number of sulfonamides is 1. The average Bonchev–Trinajstić information content (AvgIpc) is 2.74. The Labute approximate surface area is 180 Å². The molecule has 2 N–H and O–H groups in total. The first-order valence-corrected chi connectivity index (χ1v) is 11.1. The monoisotopic (exact) mass is 444 g/mol. The highest BCUT2D eigenvalue weighted by Gasteiger charge is 2.16. The third-order valence-corrected chi connectivity index (χ3v) is 5.88. The van der Waals surface area contributed by atoms with Gasteiger partial charge in [0.15, 0.2) is 0 Å². The number of rotatable bonds is 8. The molecule has 0 spiro atoms. The van der Waals surface area contributed by atoms with Gasteiger partial charge in [-0.2, -0.15) is 0 Å². The van der Waals surface area contributed by atoms with E-state index in [4.69, 9.17) is 16.3 Å². The second kappa shape index (κ2) is 9.65. The fraction of sp³-hybridized carbons (Fsp3) is 0.136. The van der Waals surface area contributed by atoms with Crippen molar-refractivity contribution in [3.63, 3.8) is 0 Å². The topological polar surface area (TPSA) is 84.5 Å². The standard InChI is InChI=1S/C22H21ClN2O4S/c1-16-9-11-18(12-10-16)25-30(27,28)19-6-4-5-17(15-19)22(26)24-13-14-29-21-8-3-2-7-20(21)23/h2-12,15,25H,13-14H2,1H3,(H,24,26). The molecule has 0 aromatic heterocycles. The molecule has 0 saturated carbocycles. The molecule has 0 bridgehead atoms. The van der Waals surface area contributed by atoms with Gasteiger partial charge in [-0.1, -0.05) is 47.5 Å². The Bertz CT molecular complexity index is 1130. The molecule has 6 nitrogen and oxygen atoms in total. The zero-order valence-corrected chi connectivity index (χ0v) is 17.8. The van der Waals surface area contributed by atoms with Gasteiger partial charge in [0.2, 0.25) is 0 Å². The number of aryl methyl sites for hydroxylation is 1. The number of halogens is 1. The van der Waals surface area contributed by atoms with Gasteiger partial charge >= 0.3 is 0 Å². The highest BCUT2D eigenvalue weighted by atomic mass is 35.5. The van der Waals surface area contributed by atoms with Crippen LogP contribution in [-0.4, -0.2) is 27.5 Å². The Morgan fingerprint density at radius 1 is 1.00 bits per heavy atom. The molecule has 0 unspecified atom stereocenters. The fourth-order valence-electron chi connectivity index (χ4n) is 2.63. The molecule has 0 aliphatic carbocycles. The van der Waals surface area contributed by atoms with Crippen molar-refractivity contribution in [2.75, 3.05) is 17.9 Å². The van der Waals surface area contributed by atoms with Crippen molar-refractivity contribution < 1.29 is 17.9 Å². The normalized spacial score (nSPS) is 11.0. The van der Waals surface area contributed by atoms with Crippen molar-refractivity contribution in [3.8, 4) is 5.75 Å². The fourth-order valence-corrected chi connectivity index (χ4v) is 3.92. The van der Waals surface area contributed by atoms with Crippen LogP contribution in [0.15, 0.2) is 77.7 Å². The molecule has 0 fully saturated rings. The van der Waals surface area contributed by atoms with Crippen molar-refractivity contribution in [1.82, 2.24) is 5.32 Å². The maximum atomic E-state index is 12.6. The maximum Gasteiger partial charge on any atom is 0.261 e. The Balaban J connectivity index is 1.60. The first-order chi connectivity index (χ1) is 14.3. The van der Waals surface area contributed by atoms with Gasteiger partial charge in [0.1, 0.15) is 12.4 Å². The van der Waals surface area contributed by atoms with Crippen LogP contribution in [-0.2, 0) is 10.0 Å². The summed E-state index contributed by atoms with van der Waals surface area (Å²) >= 11 is 6.01. The molecule has 0 heterocycles. The molecule has 0 atom stereocenters. The summed E-state index contributed by atoms with van der Waals surface area (Å²) in [6, 6.07) is 19.9. The number of carbonyl (C=O) groups excluding carboxylic acids is 1. The number of anilines is 1. The highest BCUT2D eigenvalue weighted by molar-refractivity contribution is 7.92. The summed E-state index contributed by atoms with van der Waals surface area (Å²) in [4.78, 5) is 12.4. The lowest BCUT2D eigenvalue weighted by molar-refractivity contribution is 0.0947. The second-order valence-corrected chi connectivity index (χ2v) is 8.62. The highest BCUT2D eigenvalue weighted by Crippen LogP contribution is 2.22. The predicted octanol–water partition coefficient (Wildman–Crippen LogP) is 4.26. The number of ether oxygens (including phenoxy) is 1. The number of amides is 1. The van der Waals surface area contributed by atoms with Gasteiger partial charge in [-0.05, 0) is 49.4 Å². The zero-order valence-electron chi connectivity index (χ0n) is 16.3. The van der Waals surface area contributed by atoms with E-state index in [1.807, 2.05) is 19.1 Å². The van der Waals surface area contributed by atoms with Crippen LogP contribution in [0, 0.1) is 6.92 Å². The van der Waals surface area contributed by atoms with Crippen LogP contribution in [0.3, 0.4) is 0 Å². The summed E-state index contributed by atoms with van der Waals surface area (Å²) in [5, 5.41) is 3.19. The van der Waals surface area contributed by atoms with E-state index in [9.17, 15) is 13.2 Å². The smallest absolute Gasteiger partial charge is 0.261 e. The SMILES string of the molecule is Cc1ccc(NS(=O)(=O)c2cccc(C(=O)NCCOc3ccccc3Cl)c2)cc1. The first-order valence-electron chi connectivity index (χ1n) is 9.20. The van der Waals surface area contributed by atoms with E-state index < -0.39 is 15.9 Å². The van der Waals surface area contributed by atoms with E-state index in [-0.39, 0.29) is 23.6 Å². The summed E-state index contributed by atoms with van der Waals surface area (Å²) in [5.74, 6) is 0.133. The number of benzene rings is 3. The Morgan fingerprint density at radius 2 is 1.73 bits per heavy atom. The Hall–Kier alpha value is -3.03. The van der Waals surface area contributed by atoms with Gasteiger partial charge in [-0.15, -0.1) is 0 Å². The minimum atomic E-state index is -3.82. The molecule has 0 saturated heterocycles. The van der Waals surface area contributed by atoms with Crippen LogP contribution in [0.4, 0.5) is 5.69 Å². The van der Waals surface area contributed by atoms with Gasteiger partial charge in [0.25, 0.3) is 15.9 Å². The molecule has 0 radical (unpaired) electrons. The number of para-hydroxylation sites is 1. The minimum Gasteiger partial charge on any atom is -0.490 e. The minimum absolute atomic E-state index is 0.00282. The third-order valence-electron chi connectivity index (χ3n) is 4.19. The average molecular weight is 445 g/mol. The van der Waals surface area contributed by atoms with Crippen LogP contribution in [0.2, 0.25) is 5.02 Å². The molecule has 3 aromatic rings. The largest absolute Gasteiger partial charge is 0.490 e. The first kappa shape index (κ1) is 21.7. The Morgan fingerprint density at radius 3 is 2.47 bits per heavy atom. The van der Waals surface area contributed by atoms with E-state index >= 15 is 0 Å².